The molecule has 2 aliphatic carbocycles. The molecule has 15 nitrogen and oxygen atoms in total. The number of carbonyl (C=O) groups is 5. The van der Waals surface area contributed by atoms with Gasteiger partial charge < -0.3 is 29.5 Å². The van der Waals surface area contributed by atoms with Crippen molar-refractivity contribution in [1.29, 1.82) is 0 Å². The number of ether oxygens (including phenoxy) is 2. The van der Waals surface area contributed by atoms with Crippen molar-refractivity contribution in [2.24, 2.45) is 0 Å². The van der Waals surface area contributed by atoms with Crippen molar-refractivity contribution >= 4 is 50.5 Å². The summed E-state index contributed by atoms with van der Waals surface area (Å²) in [4.78, 5) is 75.0. The molecule has 51 heavy (non-hydrogen) atoms. The highest BCUT2D eigenvalue weighted by Crippen LogP contribution is 2.33. The van der Waals surface area contributed by atoms with E-state index in [4.69, 9.17) is 9.47 Å². The molecule has 3 unspecified atom stereocenters. The summed E-state index contributed by atoms with van der Waals surface area (Å²) >= 11 is 0. The Balaban J connectivity index is 1.44. The van der Waals surface area contributed by atoms with Gasteiger partial charge >= 0.3 is 6.09 Å². The van der Waals surface area contributed by atoms with Gasteiger partial charge in [-0.3, -0.25) is 19.2 Å². The number of sulfonamides is 1. The molecule has 1 aliphatic heterocycles. The van der Waals surface area contributed by atoms with Gasteiger partial charge in [0, 0.05) is 43.4 Å². The van der Waals surface area contributed by atoms with E-state index >= 15 is 0 Å². The second-order valence-corrected chi connectivity index (χ2v) is 15.9. The second kappa shape index (κ2) is 15.1. The van der Waals surface area contributed by atoms with Crippen molar-refractivity contribution in [3.8, 4) is 5.88 Å². The minimum atomic E-state index is -3.81. The number of aromatic nitrogens is 1. The van der Waals surface area contributed by atoms with Crippen LogP contribution in [-0.4, -0.2) is 113 Å². The fraction of sp³-hybridized carbons (Fsp3) is 0.486. The molecule has 0 radical (unpaired) electrons. The lowest BCUT2D eigenvalue weighted by Gasteiger charge is -2.32. The Hall–Kier alpha value is -4.99. The Bertz CT molecular complexity index is 1830. The average molecular weight is 725 g/mol. The lowest BCUT2D eigenvalue weighted by molar-refractivity contribution is -0.144. The van der Waals surface area contributed by atoms with Crippen LogP contribution in [0.25, 0.3) is 10.8 Å². The maximum Gasteiger partial charge on any atom is 0.408 e. The minimum absolute atomic E-state index is 0.0371. The van der Waals surface area contributed by atoms with E-state index in [2.05, 4.69) is 16.9 Å². The number of fused-ring (bicyclic) bond motifs is 1. The predicted molar refractivity (Wildman–Crippen MR) is 186 cm³/mol. The van der Waals surface area contributed by atoms with Gasteiger partial charge in [-0.2, -0.15) is 0 Å². The fourth-order valence-electron chi connectivity index (χ4n) is 5.74. The Kier molecular flexibility index (Phi) is 11.0. The van der Waals surface area contributed by atoms with Crippen LogP contribution >= 0.6 is 0 Å². The number of amides is 5. The number of likely N-dealkylation sites (tertiary alicyclic amines) is 1. The number of rotatable bonds is 13. The molecule has 2 aromatic rings. The van der Waals surface area contributed by atoms with Crippen molar-refractivity contribution in [3.63, 3.8) is 0 Å². The van der Waals surface area contributed by atoms with Gasteiger partial charge in [-0.1, -0.05) is 24.8 Å². The van der Waals surface area contributed by atoms with Crippen LogP contribution in [0, 0.1) is 0 Å². The highest BCUT2D eigenvalue weighted by Gasteiger charge is 2.47. The number of carbonyl (C=O) groups excluding carboxylic acids is 5. The Morgan fingerprint density at radius 2 is 1.80 bits per heavy atom. The van der Waals surface area contributed by atoms with Gasteiger partial charge in [-0.25, -0.2) is 22.9 Å². The van der Waals surface area contributed by atoms with E-state index in [1.165, 1.54) is 27.9 Å². The van der Waals surface area contributed by atoms with Crippen LogP contribution in [0.15, 0.2) is 61.5 Å². The molecule has 3 aliphatic rings. The number of nitrogens with zero attached hydrogens (tertiary/aromatic N) is 4. The summed E-state index contributed by atoms with van der Waals surface area (Å²) in [5.41, 5.74) is -0.890. The smallest absolute Gasteiger partial charge is 0.408 e. The van der Waals surface area contributed by atoms with Gasteiger partial charge in [0.1, 0.15) is 23.8 Å². The van der Waals surface area contributed by atoms with E-state index in [0.717, 1.165) is 22.9 Å². The van der Waals surface area contributed by atoms with E-state index in [1.54, 1.807) is 27.0 Å². The van der Waals surface area contributed by atoms with E-state index in [9.17, 15) is 32.4 Å². The Morgan fingerprint density at radius 3 is 2.45 bits per heavy atom. The third-order valence-corrected chi connectivity index (χ3v) is 10.4. The molecule has 3 atom stereocenters. The first-order valence-electron chi connectivity index (χ1n) is 16.8. The Labute approximate surface area is 297 Å². The molecule has 1 aromatic heterocycles. The van der Waals surface area contributed by atoms with Crippen LogP contribution in [0.2, 0.25) is 0 Å². The Morgan fingerprint density at radius 1 is 1.10 bits per heavy atom. The maximum absolute atomic E-state index is 14.4. The zero-order chi connectivity index (χ0) is 37.1. The third kappa shape index (κ3) is 9.62. The summed E-state index contributed by atoms with van der Waals surface area (Å²) in [5, 5.41) is 3.57. The number of hydrogen-bond donors (Lipinski definition) is 2. The number of benzene rings is 1. The molecule has 0 bridgehead atoms. The summed E-state index contributed by atoms with van der Waals surface area (Å²) in [6, 6.07) is 6.58. The summed E-state index contributed by atoms with van der Waals surface area (Å²) in [6.07, 6.45) is 5.55. The standard InChI is InChI=1S/C35H44N6O9S/c1-6-30(43)39(5)21-27(37-34(46)50-35(2,3)4)32(44)41-20-24(49-31-26-10-8-7-9-22(26)15-17-36-31)19-28(41)33(45)40(23-11-12-23)18-16-29(42)38-51(47,48)25-13-14-25/h6-10,15-18,23-25,27-28H,1,11-14,19-21H2,2-5H3,(H,37,46)(H,38,42). The van der Waals surface area contributed by atoms with Crippen LogP contribution in [0.4, 0.5) is 4.79 Å². The molecule has 274 valence electrons. The molecule has 5 amide bonds. The number of alkyl carbamates (subject to hydrolysis) is 1. The van der Waals surface area contributed by atoms with E-state index in [1.807, 2.05) is 35.1 Å². The quantitative estimate of drug-likeness (QED) is 0.291. The molecule has 1 saturated heterocycles. The molecule has 0 spiro atoms. The average Bonchev–Trinajstić information content (AvgIpc) is 4.00. The number of nitrogens with one attached hydrogen (secondary N) is 2. The van der Waals surface area contributed by atoms with Gasteiger partial charge in [0.2, 0.25) is 33.6 Å². The van der Waals surface area contributed by atoms with Crippen molar-refractivity contribution < 1.29 is 41.9 Å². The van der Waals surface area contributed by atoms with Crippen molar-refractivity contribution in [1.82, 2.24) is 29.7 Å². The number of pyridine rings is 1. The third-order valence-electron chi connectivity index (χ3n) is 8.53. The number of hydrogen-bond acceptors (Lipinski definition) is 10. The van der Waals surface area contributed by atoms with Crippen molar-refractivity contribution in [3.05, 3.63) is 61.5 Å². The van der Waals surface area contributed by atoms with Crippen molar-refractivity contribution in [2.45, 2.75) is 88.0 Å². The van der Waals surface area contributed by atoms with E-state index < -0.39 is 68.8 Å². The second-order valence-electron chi connectivity index (χ2n) is 13.9. The lowest BCUT2D eigenvalue weighted by Crippen LogP contribution is -2.57. The van der Waals surface area contributed by atoms with Gasteiger partial charge in [0.05, 0.1) is 18.3 Å². The summed E-state index contributed by atoms with van der Waals surface area (Å²) in [6.45, 7) is 8.14. The minimum Gasteiger partial charge on any atom is -0.472 e. The first-order valence-corrected chi connectivity index (χ1v) is 18.3. The highest BCUT2D eigenvalue weighted by atomic mass is 32.2. The molecule has 16 heteroatoms. The fourth-order valence-corrected chi connectivity index (χ4v) is 7.01. The number of likely N-dealkylation sites (N-methyl/N-ethyl adjacent to an activating group) is 1. The normalized spacial score (nSPS) is 19.6. The molecule has 2 heterocycles. The molecule has 2 N–H and O–H groups in total. The monoisotopic (exact) mass is 724 g/mol. The van der Waals surface area contributed by atoms with E-state index in [-0.39, 0.29) is 25.6 Å². The highest BCUT2D eigenvalue weighted by molar-refractivity contribution is 7.91. The SMILES string of the molecule is C=CC(=O)N(C)CC(NC(=O)OC(C)(C)C)C(=O)N1CC(Oc2nccc3ccccc23)CC1C(=O)N(C=CC(=O)NS(=O)(=O)C1CC1)C1CC1. The van der Waals surface area contributed by atoms with Crippen LogP contribution < -0.4 is 14.8 Å². The summed E-state index contributed by atoms with van der Waals surface area (Å²) < 4.78 is 38.4. The summed E-state index contributed by atoms with van der Waals surface area (Å²) in [7, 11) is -2.36. The first kappa shape index (κ1) is 37.3. The maximum atomic E-state index is 14.4. The van der Waals surface area contributed by atoms with Gasteiger partial charge in [0.15, 0.2) is 0 Å². The predicted octanol–water partition coefficient (Wildman–Crippen LogP) is 2.23. The topological polar surface area (TPSA) is 185 Å². The van der Waals surface area contributed by atoms with Crippen LogP contribution in [0.5, 0.6) is 5.88 Å². The molecular weight excluding hydrogens is 680 g/mol. The first-order chi connectivity index (χ1) is 24.1. The summed E-state index contributed by atoms with van der Waals surface area (Å²) in [5.74, 6) is -2.27. The van der Waals surface area contributed by atoms with Gasteiger partial charge in [0.25, 0.3) is 5.91 Å². The van der Waals surface area contributed by atoms with E-state index in [0.29, 0.717) is 31.6 Å². The zero-order valence-corrected chi connectivity index (χ0v) is 29.9. The van der Waals surface area contributed by atoms with Crippen molar-refractivity contribution in [2.75, 3.05) is 20.1 Å². The van der Waals surface area contributed by atoms with Crippen LogP contribution in [0.1, 0.15) is 52.9 Å². The molecule has 5 rings (SSSR count). The van der Waals surface area contributed by atoms with Crippen LogP contribution in [0.3, 0.4) is 0 Å². The molecule has 1 aromatic carbocycles. The molecule has 3 fully saturated rings. The van der Waals surface area contributed by atoms with Gasteiger partial charge in [-0.15, -0.1) is 0 Å². The largest absolute Gasteiger partial charge is 0.472 e. The lowest BCUT2D eigenvalue weighted by atomic mass is 10.1. The molecule has 2 saturated carbocycles. The zero-order valence-electron chi connectivity index (χ0n) is 29.1. The molecular formula is C35H44N6O9S. The van der Waals surface area contributed by atoms with Gasteiger partial charge in [-0.05, 0) is 70.0 Å². The van der Waals surface area contributed by atoms with Crippen LogP contribution in [-0.2, 0) is 33.9 Å².